The Labute approximate surface area is 109 Å². The summed E-state index contributed by atoms with van der Waals surface area (Å²) in [5.74, 6) is 0.0870. The highest BCUT2D eigenvalue weighted by Crippen LogP contribution is 2.08. The van der Waals surface area contributed by atoms with Crippen LogP contribution in [0.5, 0.6) is 0 Å². The summed E-state index contributed by atoms with van der Waals surface area (Å²) in [7, 11) is 1.97. The van der Waals surface area contributed by atoms with Gasteiger partial charge in [0, 0.05) is 12.2 Å². The third-order valence-electron chi connectivity index (χ3n) is 2.74. The number of benzene rings is 1. The Kier molecular flexibility index (Phi) is 6.22. The minimum atomic E-state index is 0.0870. The molecule has 0 saturated heterocycles. The Balaban J connectivity index is 2.23. The fraction of sp³-hybridized carbons (Fsp3) is 0.500. The molecule has 0 saturated carbocycles. The highest BCUT2D eigenvalue weighted by atomic mass is 16.1. The summed E-state index contributed by atoms with van der Waals surface area (Å²) in [5, 5.41) is 2.79. The maximum Gasteiger partial charge on any atom is 0.234 e. The number of hydrogen-bond donors (Lipinski definition) is 2. The summed E-state index contributed by atoms with van der Waals surface area (Å²) in [5.41, 5.74) is 7.79. The average molecular weight is 249 g/mol. The molecule has 0 radical (unpaired) electrons. The molecule has 0 aliphatic rings. The van der Waals surface area contributed by atoms with Gasteiger partial charge in [0.05, 0.1) is 6.54 Å². The Morgan fingerprint density at radius 1 is 1.44 bits per heavy atom. The van der Waals surface area contributed by atoms with Gasteiger partial charge in [0.15, 0.2) is 0 Å². The Hall–Kier alpha value is -1.55. The molecule has 1 aromatic carbocycles. The number of nitrogens with zero attached hydrogens (tertiary/aromatic N) is 1. The number of nitrogen functional groups attached to an aromatic ring is 1. The van der Waals surface area contributed by atoms with Gasteiger partial charge in [0.25, 0.3) is 0 Å². The lowest BCUT2D eigenvalue weighted by Crippen LogP contribution is -2.35. The molecule has 0 aromatic heterocycles. The lowest BCUT2D eigenvalue weighted by Gasteiger charge is -2.15. The van der Waals surface area contributed by atoms with E-state index < -0.39 is 0 Å². The van der Waals surface area contributed by atoms with Crippen molar-refractivity contribution in [1.29, 1.82) is 0 Å². The molecule has 1 aromatic rings. The summed E-state index contributed by atoms with van der Waals surface area (Å²) >= 11 is 0. The molecule has 3 N–H and O–H groups in total. The largest absolute Gasteiger partial charge is 0.399 e. The quantitative estimate of drug-likeness (QED) is 0.715. The SMILES string of the molecule is CCNC(=O)CN(C)CCCc1cccc(N)c1. The molecule has 4 heteroatoms. The number of carbonyl (C=O) groups is 1. The molecule has 100 valence electrons. The highest BCUT2D eigenvalue weighted by molar-refractivity contribution is 5.77. The van der Waals surface area contributed by atoms with Crippen LogP contribution >= 0.6 is 0 Å². The zero-order chi connectivity index (χ0) is 13.4. The number of nitrogens with two attached hydrogens (primary N) is 1. The van der Waals surface area contributed by atoms with Crippen LogP contribution in [0.25, 0.3) is 0 Å². The van der Waals surface area contributed by atoms with Gasteiger partial charge in [-0.3, -0.25) is 9.69 Å². The number of nitrogens with one attached hydrogen (secondary N) is 1. The summed E-state index contributed by atoms with van der Waals surface area (Å²) in [6.07, 6.45) is 2.02. The van der Waals surface area contributed by atoms with Crippen molar-refractivity contribution >= 4 is 11.6 Å². The van der Waals surface area contributed by atoms with Crippen molar-refractivity contribution in [2.24, 2.45) is 0 Å². The summed E-state index contributed by atoms with van der Waals surface area (Å²) in [6.45, 7) is 3.99. The number of anilines is 1. The van der Waals surface area contributed by atoms with Crippen LogP contribution in [-0.2, 0) is 11.2 Å². The first-order valence-electron chi connectivity index (χ1n) is 6.41. The highest BCUT2D eigenvalue weighted by Gasteiger charge is 2.04. The third kappa shape index (κ3) is 5.68. The molecular formula is C14H23N3O. The molecule has 18 heavy (non-hydrogen) atoms. The van der Waals surface area contributed by atoms with E-state index in [-0.39, 0.29) is 5.91 Å². The first-order valence-corrected chi connectivity index (χ1v) is 6.41. The van der Waals surface area contributed by atoms with E-state index in [0.29, 0.717) is 13.1 Å². The molecule has 0 aliphatic heterocycles. The van der Waals surface area contributed by atoms with Crippen LogP contribution in [0.3, 0.4) is 0 Å². The zero-order valence-electron chi connectivity index (χ0n) is 11.3. The van der Waals surface area contributed by atoms with E-state index in [9.17, 15) is 4.79 Å². The minimum Gasteiger partial charge on any atom is -0.399 e. The molecule has 0 unspecified atom stereocenters. The molecule has 1 amide bonds. The summed E-state index contributed by atoms with van der Waals surface area (Å²) < 4.78 is 0. The van der Waals surface area contributed by atoms with Crippen molar-refractivity contribution in [2.45, 2.75) is 19.8 Å². The molecule has 4 nitrogen and oxygen atoms in total. The Morgan fingerprint density at radius 2 is 2.22 bits per heavy atom. The van der Waals surface area contributed by atoms with Crippen LogP contribution in [-0.4, -0.2) is 37.5 Å². The van der Waals surface area contributed by atoms with E-state index >= 15 is 0 Å². The van der Waals surface area contributed by atoms with Crippen LogP contribution in [0, 0.1) is 0 Å². The van der Waals surface area contributed by atoms with Crippen LogP contribution in [0.15, 0.2) is 24.3 Å². The molecule has 0 fully saturated rings. The van der Waals surface area contributed by atoms with E-state index in [1.165, 1.54) is 5.56 Å². The van der Waals surface area contributed by atoms with E-state index in [0.717, 1.165) is 25.1 Å². The van der Waals surface area contributed by atoms with Crippen LogP contribution in [0.4, 0.5) is 5.69 Å². The topological polar surface area (TPSA) is 58.4 Å². The number of aryl methyl sites for hydroxylation is 1. The lowest BCUT2D eigenvalue weighted by atomic mass is 10.1. The maximum absolute atomic E-state index is 11.4. The molecule has 0 atom stereocenters. The zero-order valence-corrected chi connectivity index (χ0v) is 11.3. The predicted molar refractivity (Wildman–Crippen MR) is 75.4 cm³/mol. The monoisotopic (exact) mass is 249 g/mol. The summed E-state index contributed by atoms with van der Waals surface area (Å²) in [4.78, 5) is 13.4. The lowest BCUT2D eigenvalue weighted by molar-refractivity contribution is -0.121. The second-order valence-electron chi connectivity index (χ2n) is 4.54. The Morgan fingerprint density at radius 3 is 2.89 bits per heavy atom. The van der Waals surface area contributed by atoms with Crippen molar-refractivity contribution in [3.05, 3.63) is 29.8 Å². The van der Waals surface area contributed by atoms with Gasteiger partial charge in [-0.05, 0) is 51.1 Å². The fourth-order valence-electron chi connectivity index (χ4n) is 1.88. The van der Waals surface area contributed by atoms with Crippen molar-refractivity contribution in [2.75, 3.05) is 32.4 Å². The number of likely N-dealkylation sites (N-methyl/N-ethyl adjacent to an activating group) is 2. The number of carbonyl (C=O) groups excluding carboxylic acids is 1. The molecule has 0 bridgehead atoms. The first kappa shape index (κ1) is 14.5. The maximum atomic E-state index is 11.4. The second-order valence-corrected chi connectivity index (χ2v) is 4.54. The molecular weight excluding hydrogens is 226 g/mol. The van der Waals surface area contributed by atoms with Gasteiger partial charge in [-0.1, -0.05) is 12.1 Å². The smallest absolute Gasteiger partial charge is 0.234 e. The van der Waals surface area contributed by atoms with Gasteiger partial charge < -0.3 is 11.1 Å². The standard InChI is InChI=1S/C14H23N3O/c1-3-16-14(18)11-17(2)9-5-7-12-6-4-8-13(15)10-12/h4,6,8,10H,3,5,7,9,11,15H2,1-2H3,(H,16,18). The van der Waals surface area contributed by atoms with E-state index in [1.54, 1.807) is 0 Å². The van der Waals surface area contributed by atoms with Gasteiger partial charge in [-0.15, -0.1) is 0 Å². The van der Waals surface area contributed by atoms with E-state index in [2.05, 4.69) is 11.4 Å². The van der Waals surface area contributed by atoms with Crippen LogP contribution in [0.1, 0.15) is 18.9 Å². The van der Waals surface area contributed by atoms with Gasteiger partial charge in [-0.25, -0.2) is 0 Å². The minimum absolute atomic E-state index is 0.0870. The van der Waals surface area contributed by atoms with Crippen molar-refractivity contribution in [3.8, 4) is 0 Å². The van der Waals surface area contributed by atoms with Gasteiger partial charge in [-0.2, -0.15) is 0 Å². The van der Waals surface area contributed by atoms with E-state index in [4.69, 9.17) is 5.73 Å². The Bertz CT molecular complexity index is 379. The predicted octanol–water partition coefficient (Wildman–Crippen LogP) is 1.27. The molecule has 1 rings (SSSR count). The van der Waals surface area contributed by atoms with Crippen LogP contribution < -0.4 is 11.1 Å². The van der Waals surface area contributed by atoms with Crippen LogP contribution in [0.2, 0.25) is 0 Å². The normalized spacial score (nSPS) is 10.6. The van der Waals surface area contributed by atoms with Crippen molar-refractivity contribution in [3.63, 3.8) is 0 Å². The first-order chi connectivity index (χ1) is 8.61. The van der Waals surface area contributed by atoms with Crippen molar-refractivity contribution < 1.29 is 4.79 Å². The fourth-order valence-corrected chi connectivity index (χ4v) is 1.88. The van der Waals surface area contributed by atoms with Gasteiger partial charge >= 0.3 is 0 Å². The number of hydrogen-bond acceptors (Lipinski definition) is 3. The summed E-state index contributed by atoms with van der Waals surface area (Å²) in [6, 6.07) is 7.96. The number of rotatable bonds is 7. The second kappa shape index (κ2) is 7.71. The third-order valence-corrected chi connectivity index (χ3v) is 2.74. The van der Waals surface area contributed by atoms with Gasteiger partial charge in [0.1, 0.15) is 0 Å². The number of amides is 1. The molecule has 0 spiro atoms. The van der Waals surface area contributed by atoms with E-state index in [1.807, 2.05) is 37.1 Å². The average Bonchev–Trinajstić information content (AvgIpc) is 2.29. The van der Waals surface area contributed by atoms with Gasteiger partial charge in [0.2, 0.25) is 5.91 Å². The molecule has 0 heterocycles. The molecule has 0 aliphatic carbocycles. The van der Waals surface area contributed by atoms with Crippen molar-refractivity contribution in [1.82, 2.24) is 10.2 Å².